The fourth-order valence-corrected chi connectivity index (χ4v) is 2.45. The van der Waals surface area contributed by atoms with Crippen molar-refractivity contribution in [1.82, 2.24) is 19.7 Å². The van der Waals surface area contributed by atoms with Gasteiger partial charge in [-0.2, -0.15) is 0 Å². The lowest BCUT2D eigenvalue weighted by atomic mass is 10.2. The highest BCUT2D eigenvalue weighted by molar-refractivity contribution is 6.17. The van der Waals surface area contributed by atoms with E-state index in [-0.39, 0.29) is 0 Å². The van der Waals surface area contributed by atoms with Crippen LogP contribution in [-0.4, -0.2) is 26.3 Å². The first-order valence-corrected chi connectivity index (χ1v) is 6.44. The van der Waals surface area contributed by atoms with Crippen molar-refractivity contribution in [3.05, 3.63) is 35.7 Å². The van der Waals surface area contributed by atoms with Gasteiger partial charge in [0.15, 0.2) is 5.82 Å². The van der Waals surface area contributed by atoms with Gasteiger partial charge < -0.3 is 9.47 Å². The topological polar surface area (TPSA) is 46.8 Å². The highest BCUT2D eigenvalue weighted by atomic mass is 35.5. The van der Waals surface area contributed by atoms with Crippen molar-refractivity contribution < 1.29 is 0 Å². The number of alkyl halides is 1. The number of rotatable bonds is 2. The fraction of sp³-hybridized carbons (Fsp3) is 0.417. The van der Waals surface area contributed by atoms with E-state index in [0.29, 0.717) is 5.88 Å². The molecule has 0 spiro atoms. The molecule has 6 heteroatoms. The lowest BCUT2D eigenvalue weighted by Gasteiger charge is -2.30. The van der Waals surface area contributed by atoms with Crippen LogP contribution in [0.1, 0.15) is 17.1 Å². The monoisotopic (exact) mass is 263 g/mol. The molecule has 0 N–H and O–H groups in total. The summed E-state index contributed by atoms with van der Waals surface area (Å²) in [5, 5.41) is 8.07. The van der Waals surface area contributed by atoms with E-state index in [1.807, 2.05) is 13.1 Å². The van der Waals surface area contributed by atoms with E-state index in [4.69, 9.17) is 11.6 Å². The minimum Gasteiger partial charge on any atom is -0.362 e. The van der Waals surface area contributed by atoms with E-state index >= 15 is 0 Å². The average Bonchev–Trinajstić information content (AvgIpc) is 2.85. The third-order valence-corrected chi connectivity index (χ3v) is 3.51. The summed E-state index contributed by atoms with van der Waals surface area (Å²) in [6.45, 7) is 4.62. The van der Waals surface area contributed by atoms with Gasteiger partial charge in [0.1, 0.15) is 6.33 Å². The van der Waals surface area contributed by atoms with Crippen LogP contribution in [0.15, 0.2) is 18.6 Å². The molecular formula is C12H14ClN5. The standard InChI is InChI=1S/C12H14ClN5/c1-9-4-11(10(5-13)6-14-9)17-2-3-18-8-15-16-12(18)7-17/h4,6,8H,2-3,5,7H2,1H3. The second-order valence-electron chi connectivity index (χ2n) is 4.45. The summed E-state index contributed by atoms with van der Waals surface area (Å²) in [6.07, 6.45) is 3.64. The molecule has 3 heterocycles. The van der Waals surface area contributed by atoms with Gasteiger partial charge in [0.2, 0.25) is 0 Å². The van der Waals surface area contributed by atoms with Gasteiger partial charge in [-0.15, -0.1) is 21.8 Å². The molecular weight excluding hydrogens is 250 g/mol. The minimum atomic E-state index is 0.478. The Morgan fingerprint density at radius 1 is 1.39 bits per heavy atom. The molecule has 0 saturated carbocycles. The summed E-state index contributed by atoms with van der Waals surface area (Å²) in [6, 6.07) is 2.09. The summed E-state index contributed by atoms with van der Waals surface area (Å²) in [5.74, 6) is 1.47. The van der Waals surface area contributed by atoms with Crippen molar-refractivity contribution in [2.45, 2.75) is 25.9 Å². The van der Waals surface area contributed by atoms with Crippen LogP contribution in [0, 0.1) is 6.92 Å². The molecule has 0 saturated heterocycles. The van der Waals surface area contributed by atoms with Gasteiger partial charge in [-0.1, -0.05) is 0 Å². The largest absolute Gasteiger partial charge is 0.362 e. The summed E-state index contributed by atoms with van der Waals surface area (Å²) in [5.41, 5.74) is 3.23. The average molecular weight is 264 g/mol. The van der Waals surface area contributed by atoms with Crippen LogP contribution in [0.3, 0.4) is 0 Å². The summed E-state index contributed by atoms with van der Waals surface area (Å²) >= 11 is 5.98. The molecule has 1 aliphatic heterocycles. The van der Waals surface area contributed by atoms with Crippen molar-refractivity contribution in [1.29, 1.82) is 0 Å². The van der Waals surface area contributed by atoms with Crippen LogP contribution in [0.2, 0.25) is 0 Å². The molecule has 0 radical (unpaired) electrons. The van der Waals surface area contributed by atoms with Gasteiger partial charge in [-0.3, -0.25) is 4.98 Å². The lowest BCUT2D eigenvalue weighted by molar-refractivity contribution is 0.559. The second-order valence-corrected chi connectivity index (χ2v) is 4.72. The fourth-order valence-electron chi connectivity index (χ4n) is 2.24. The van der Waals surface area contributed by atoms with Gasteiger partial charge in [0, 0.05) is 36.2 Å². The summed E-state index contributed by atoms with van der Waals surface area (Å²) in [7, 11) is 0. The number of aryl methyl sites for hydroxylation is 1. The molecule has 2 aromatic heterocycles. The smallest absolute Gasteiger partial charge is 0.152 e. The zero-order valence-corrected chi connectivity index (χ0v) is 10.9. The third-order valence-electron chi connectivity index (χ3n) is 3.22. The van der Waals surface area contributed by atoms with E-state index in [9.17, 15) is 0 Å². The zero-order valence-electron chi connectivity index (χ0n) is 10.2. The number of nitrogens with zero attached hydrogens (tertiary/aromatic N) is 5. The normalized spacial score (nSPS) is 14.7. The quantitative estimate of drug-likeness (QED) is 0.775. The maximum Gasteiger partial charge on any atom is 0.152 e. The maximum atomic E-state index is 5.98. The predicted octanol–water partition coefficient (Wildman–Crippen LogP) is 1.74. The first kappa shape index (κ1) is 11.5. The molecule has 5 nitrogen and oxygen atoms in total. The van der Waals surface area contributed by atoms with Gasteiger partial charge in [-0.25, -0.2) is 0 Å². The Morgan fingerprint density at radius 2 is 2.28 bits per heavy atom. The lowest BCUT2D eigenvalue weighted by Crippen LogP contribution is -2.34. The van der Waals surface area contributed by atoms with Crippen molar-refractivity contribution in [2.24, 2.45) is 0 Å². The molecule has 0 amide bonds. The van der Waals surface area contributed by atoms with Crippen LogP contribution < -0.4 is 4.90 Å². The zero-order chi connectivity index (χ0) is 12.5. The Hall–Kier alpha value is -1.62. The number of aromatic nitrogens is 4. The SMILES string of the molecule is Cc1cc(N2CCn3cnnc3C2)c(CCl)cn1. The van der Waals surface area contributed by atoms with Gasteiger partial charge in [-0.05, 0) is 13.0 Å². The Labute approximate surface area is 110 Å². The van der Waals surface area contributed by atoms with E-state index < -0.39 is 0 Å². The molecule has 94 valence electrons. The van der Waals surface area contributed by atoms with Crippen molar-refractivity contribution in [2.75, 3.05) is 11.4 Å². The van der Waals surface area contributed by atoms with Crippen LogP contribution >= 0.6 is 11.6 Å². The van der Waals surface area contributed by atoms with Gasteiger partial charge in [0.05, 0.1) is 12.4 Å². The predicted molar refractivity (Wildman–Crippen MR) is 69.6 cm³/mol. The van der Waals surface area contributed by atoms with Gasteiger partial charge >= 0.3 is 0 Å². The number of halogens is 1. The molecule has 0 aliphatic carbocycles. The van der Waals surface area contributed by atoms with Crippen LogP contribution in [0.25, 0.3) is 0 Å². The van der Waals surface area contributed by atoms with Crippen LogP contribution in [-0.2, 0) is 19.0 Å². The number of anilines is 1. The second kappa shape index (κ2) is 4.57. The number of fused-ring (bicyclic) bond motifs is 1. The van der Waals surface area contributed by atoms with Crippen molar-refractivity contribution in [3.8, 4) is 0 Å². The highest BCUT2D eigenvalue weighted by Gasteiger charge is 2.19. The molecule has 1 aliphatic rings. The molecule has 18 heavy (non-hydrogen) atoms. The molecule has 2 aromatic rings. The number of hydrogen-bond acceptors (Lipinski definition) is 4. The van der Waals surface area contributed by atoms with Crippen LogP contribution in [0.4, 0.5) is 5.69 Å². The van der Waals surface area contributed by atoms with E-state index in [2.05, 4.69) is 30.7 Å². The molecule has 0 aromatic carbocycles. The molecule has 0 atom stereocenters. The van der Waals surface area contributed by atoms with E-state index in [1.54, 1.807) is 6.33 Å². The molecule has 0 unspecified atom stereocenters. The van der Waals surface area contributed by atoms with Crippen molar-refractivity contribution >= 4 is 17.3 Å². The Bertz CT molecular complexity index is 565. The van der Waals surface area contributed by atoms with Crippen LogP contribution in [0.5, 0.6) is 0 Å². The molecule has 0 fully saturated rings. The first-order valence-electron chi connectivity index (χ1n) is 5.91. The summed E-state index contributed by atoms with van der Waals surface area (Å²) in [4.78, 5) is 6.58. The molecule has 0 bridgehead atoms. The maximum absolute atomic E-state index is 5.98. The van der Waals surface area contributed by atoms with E-state index in [1.165, 1.54) is 0 Å². The highest BCUT2D eigenvalue weighted by Crippen LogP contribution is 2.25. The third kappa shape index (κ3) is 1.95. The number of hydrogen-bond donors (Lipinski definition) is 0. The van der Waals surface area contributed by atoms with Gasteiger partial charge in [0.25, 0.3) is 0 Å². The first-order chi connectivity index (χ1) is 8.78. The number of pyridine rings is 1. The molecule has 3 rings (SSSR count). The Morgan fingerprint density at radius 3 is 3.11 bits per heavy atom. The van der Waals surface area contributed by atoms with Crippen molar-refractivity contribution in [3.63, 3.8) is 0 Å². The minimum absolute atomic E-state index is 0.478. The van der Waals surface area contributed by atoms with E-state index in [0.717, 1.165) is 42.4 Å². The summed E-state index contributed by atoms with van der Waals surface area (Å²) < 4.78 is 2.09. The Kier molecular flexibility index (Phi) is 2.91. The Balaban J connectivity index is 1.94.